The molecule has 1 aromatic rings. The molecular weight excluding hydrogens is 248 g/mol. The molecule has 1 aromatic heterocycles. The van der Waals surface area contributed by atoms with Gasteiger partial charge in [-0.3, -0.25) is 0 Å². The molecule has 0 aliphatic heterocycles. The molecule has 0 amide bonds. The fourth-order valence-electron chi connectivity index (χ4n) is 3.17. The molecule has 0 N–H and O–H groups in total. The molecule has 20 heavy (non-hydrogen) atoms. The minimum atomic E-state index is 0.222. The first kappa shape index (κ1) is 14.8. The molecule has 1 fully saturated rings. The predicted molar refractivity (Wildman–Crippen MR) is 79.4 cm³/mol. The van der Waals surface area contributed by atoms with Gasteiger partial charge in [0, 0.05) is 11.8 Å². The molecule has 1 aliphatic rings. The third kappa shape index (κ3) is 3.50. The van der Waals surface area contributed by atoms with E-state index in [4.69, 9.17) is 10.00 Å². The Labute approximate surface area is 122 Å². The van der Waals surface area contributed by atoms with Crippen molar-refractivity contribution in [3.8, 4) is 11.9 Å². The van der Waals surface area contributed by atoms with Crippen LogP contribution in [0.3, 0.4) is 0 Å². The minimum absolute atomic E-state index is 0.222. The molecule has 0 bridgehead atoms. The SMILES string of the molecule is Cc1cc(C#N)cc(OC2CC(C)CCC2C(C)C)n1. The van der Waals surface area contributed by atoms with Gasteiger partial charge >= 0.3 is 0 Å². The fraction of sp³-hybridized carbons (Fsp3) is 0.647. The van der Waals surface area contributed by atoms with Crippen molar-refractivity contribution >= 4 is 0 Å². The van der Waals surface area contributed by atoms with Gasteiger partial charge in [-0.25, -0.2) is 4.98 Å². The first-order valence-electron chi connectivity index (χ1n) is 7.55. The van der Waals surface area contributed by atoms with Gasteiger partial charge in [-0.05, 0) is 43.6 Å². The number of hydrogen-bond donors (Lipinski definition) is 0. The van der Waals surface area contributed by atoms with E-state index in [1.165, 1.54) is 12.8 Å². The average Bonchev–Trinajstić information content (AvgIpc) is 2.37. The maximum absolute atomic E-state index is 9.04. The fourth-order valence-corrected chi connectivity index (χ4v) is 3.17. The smallest absolute Gasteiger partial charge is 0.215 e. The number of aromatic nitrogens is 1. The topological polar surface area (TPSA) is 45.9 Å². The third-order valence-electron chi connectivity index (χ3n) is 4.29. The zero-order valence-corrected chi connectivity index (χ0v) is 12.9. The second kappa shape index (κ2) is 6.26. The van der Waals surface area contributed by atoms with E-state index in [1.807, 2.05) is 6.92 Å². The van der Waals surface area contributed by atoms with Crippen molar-refractivity contribution in [3.63, 3.8) is 0 Å². The standard InChI is InChI=1S/C17H24N2O/c1-11(2)15-6-5-12(3)7-16(15)20-17-9-14(10-18)8-13(4)19-17/h8-9,11-12,15-16H,5-7H2,1-4H3. The molecular formula is C17H24N2O. The third-order valence-corrected chi connectivity index (χ3v) is 4.29. The van der Waals surface area contributed by atoms with Crippen LogP contribution in [0.2, 0.25) is 0 Å². The van der Waals surface area contributed by atoms with Crippen molar-refractivity contribution in [2.45, 2.75) is 53.1 Å². The van der Waals surface area contributed by atoms with Crippen LogP contribution in [-0.4, -0.2) is 11.1 Å². The average molecular weight is 272 g/mol. The summed E-state index contributed by atoms with van der Waals surface area (Å²) in [5.41, 5.74) is 1.46. The summed E-state index contributed by atoms with van der Waals surface area (Å²) in [5, 5.41) is 9.04. The molecule has 1 aliphatic carbocycles. The summed E-state index contributed by atoms with van der Waals surface area (Å²) < 4.78 is 6.16. The summed E-state index contributed by atoms with van der Waals surface area (Å²) in [6.45, 7) is 8.72. The van der Waals surface area contributed by atoms with Crippen LogP contribution in [0.4, 0.5) is 0 Å². The van der Waals surface area contributed by atoms with Gasteiger partial charge in [-0.1, -0.05) is 27.2 Å². The molecule has 3 heteroatoms. The van der Waals surface area contributed by atoms with Gasteiger partial charge in [0.05, 0.1) is 11.6 Å². The maximum Gasteiger partial charge on any atom is 0.215 e. The van der Waals surface area contributed by atoms with Crippen molar-refractivity contribution in [1.82, 2.24) is 4.98 Å². The number of hydrogen-bond acceptors (Lipinski definition) is 3. The summed E-state index contributed by atoms with van der Waals surface area (Å²) in [7, 11) is 0. The Hall–Kier alpha value is -1.56. The van der Waals surface area contributed by atoms with E-state index >= 15 is 0 Å². The lowest BCUT2D eigenvalue weighted by molar-refractivity contribution is 0.0425. The predicted octanol–water partition coefficient (Wildman–Crippen LogP) is 4.10. The molecule has 0 saturated heterocycles. The highest BCUT2D eigenvalue weighted by Gasteiger charge is 2.32. The Morgan fingerprint density at radius 3 is 2.75 bits per heavy atom. The van der Waals surface area contributed by atoms with Crippen molar-refractivity contribution in [2.75, 3.05) is 0 Å². The number of nitriles is 1. The molecule has 0 spiro atoms. The quantitative estimate of drug-likeness (QED) is 0.832. The van der Waals surface area contributed by atoms with Crippen LogP contribution in [0.5, 0.6) is 5.88 Å². The Bertz CT molecular complexity index is 504. The molecule has 0 radical (unpaired) electrons. The number of rotatable bonds is 3. The van der Waals surface area contributed by atoms with Gasteiger partial charge in [0.1, 0.15) is 6.10 Å². The molecule has 3 atom stereocenters. The van der Waals surface area contributed by atoms with E-state index in [0.717, 1.165) is 12.1 Å². The van der Waals surface area contributed by atoms with Gasteiger partial charge in [0.25, 0.3) is 0 Å². The van der Waals surface area contributed by atoms with E-state index in [1.54, 1.807) is 12.1 Å². The number of ether oxygens (including phenoxy) is 1. The van der Waals surface area contributed by atoms with Crippen molar-refractivity contribution in [2.24, 2.45) is 17.8 Å². The minimum Gasteiger partial charge on any atom is -0.474 e. The zero-order valence-electron chi connectivity index (χ0n) is 12.9. The summed E-state index contributed by atoms with van der Waals surface area (Å²) in [5.74, 6) is 2.51. The first-order chi connectivity index (χ1) is 9.49. The Balaban J connectivity index is 2.18. The summed E-state index contributed by atoms with van der Waals surface area (Å²) >= 11 is 0. The van der Waals surface area contributed by atoms with Crippen LogP contribution < -0.4 is 4.74 Å². The lowest BCUT2D eigenvalue weighted by Crippen LogP contribution is -2.36. The van der Waals surface area contributed by atoms with Crippen LogP contribution in [0, 0.1) is 36.0 Å². The zero-order chi connectivity index (χ0) is 14.7. The van der Waals surface area contributed by atoms with Crippen LogP contribution >= 0.6 is 0 Å². The molecule has 0 aromatic carbocycles. The molecule has 2 rings (SSSR count). The van der Waals surface area contributed by atoms with Crippen LogP contribution in [0.15, 0.2) is 12.1 Å². The molecule has 3 unspecified atom stereocenters. The van der Waals surface area contributed by atoms with Crippen LogP contribution in [0.1, 0.15) is 51.3 Å². The first-order valence-corrected chi connectivity index (χ1v) is 7.55. The van der Waals surface area contributed by atoms with Gasteiger partial charge in [0.2, 0.25) is 5.88 Å². The van der Waals surface area contributed by atoms with Gasteiger partial charge in [0.15, 0.2) is 0 Å². The largest absolute Gasteiger partial charge is 0.474 e. The van der Waals surface area contributed by atoms with Gasteiger partial charge in [-0.2, -0.15) is 5.26 Å². The second-order valence-electron chi connectivity index (χ2n) is 6.43. The lowest BCUT2D eigenvalue weighted by Gasteiger charge is -2.37. The normalized spacial score (nSPS) is 26.3. The van der Waals surface area contributed by atoms with Gasteiger partial charge < -0.3 is 4.74 Å². The Kier molecular flexibility index (Phi) is 4.65. The highest BCUT2D eigenvalue weighted by atomic mass is 16.5. The van der Waals surface area contributed by atoms with E-state index in [0.29, 0.717) is 29.2 Å². The highest BCUT2D eigenvalue weighted by molar-refractivity contribution is 5.34. The van der Waals surface area contributed by atoms with E-state index in [2.05, 4.69) is 31.8 Å². The summed E-state index contributed by atoms with van der Waals surface area (Å²) in [4.78, 5) is 4.42. The van der Waals surface area contributed by atoms with E-state index < -0.39 is 0 Å². The number of aryl methyl sites for hydroxylation is 1. The second-order valence-corrected chi connectivity index (χ2v) is 6.43. The summed E-state index contributed by atoms with van der Waals surface area (Å²) in [6.07, 6.45) is 3.81. The molecule has 3 nitrogen and oxygen atoms in total. The number of nitrogens with zero attached hydrogens (tertiary/aromatic N) is 2. The van der Waals surface area contributed by atoms with Crippen molar-refractivity contribution < 1.29 is 4.74 Å². The molecule has 1 saturated carbocycles. The number of pyridine rings is 1. The highest BCUT2D eigenvalue weighted by Crippen LogP contribution is 2.35. The van der Waals surface area contributed by atoms with E-state index in [-0.39, 0.29) is 6.10 Å². The Morgan fingerprint density at radius 2 is 2.10 bits per heavy atom. The summed E-state index contributed by atoms with van der Waals surface area (Å²) in [6, 6.07) is 5.71. The maximum atomic E-state index is 9.04. The van der Waals surface area contributed by atoms with Crippen LogP contribution in [0.25, 0.3) is 0 Å². The van der Waals surface area contributed by atoms with Crippen LogP contribution in [-0.2, 0) is 0 Å². The molecule has 1 heterocycles. The Morgan fingerprint density at radius 1 is 1.35 bits per heavy atom. The lowest BCUT2D eigenvalue weighted by atomic mass is 9.75. The van der Waals surface area contributed by atoms with Crippen molar-refractivity contribution in [3.05, 3.63) is 23.4 Å². The van der Waals surface area contributed by atoms with Crippen molar-refractivity contribution in [1.29, 1.82) is 5.26 Å². The van der Waals surface area contributed by atoms with E-state index in [9.17, 15) is 0 Å². The molecule has 108 valence electrons. The monoisotopic (exact) mass is 272 g/mol. The van der Waals surface area contributed by atoms with Gasteiger partial charge in [-0.15, -0.1) is 0 Å².